The number of benzene rings is 2. The quantitative estimate of drug-likeness (QED) is 0.817. The van der Waals surface area contributed by atoms with Crippen LogP contribution < -0.4 is 5.32 Å². The number of aliphatic hydroxyl groups excluding tert-OH is 1. The molecule has 2 nitrogen and oxygen atoms in total. The molecule has 0 aliphatic rings. The van der Waals surface area contributed by atoms with Crippen LogP contribution in [0.3, 0.4) is 0 Å². The molecule has 0 aliphatic heterocycles. The maximum atomic E-state index is 13.7. The van der Waals surface area contributed by atoms with Gasteiger partial charge in [0.05, 0.1) is 0 Å². The molecule has 2 N–H and O–H groups in total. The molecule has 1 unspecified atom stereocenters. The molecule has 0 bridgehead atoms. The molecule has 0 fully saturated rings. The van der Waals surface area contributed by atoms with Crippen molar-refractivity contribution >= 4 is 0 Å². The van der Waals surface area contributed by atoms with Crippen LogP contribution in [0.5, 0.6) is 0 Å². The van der Waals surface area contributed by atoms with Crippen LogP contribution in [-0.4, -0.2) is 18.3 Å². The Bertz CT molecular complexity index is 583. The highest BCUT2D eigenvalue weighted by Gasteiger charge is 2.29. The lowest BCUT2D eigenvalue weighted by molar-refractivity contribution is 0.129. The fraction of sp³-hybridized carbons (Fsp3) is 0.368. The summed E-state index contributed by atoms with van der Waals surface area (Å²) in [6.07, 6.45) is 0. The van der Waals surface area contributed by atoms with Crippen molar-refractivity contribution in [2.45, 2.75) is 26.3 Å². The third-order valence-corrected chi connectivity index (χ3v) is 4.17. The Hall–Kier alpha value is -1.71. The second kappa shape index (κ2) is 7.52. The van der Waals surface area contributed by atoms with Gasteiger partial charge >= 0.3 is 0 Å². The number of hydrogen-bond acceptors (Lipinski definition) is 2. The van der Waals surface area contributed by atoms with Crippen molar-refractivity contribution in [3.8, 4) is 0 Å². The molecule has 22 heavy (non-hydrogen) atoms. The molecule has 0 heterocycles. The van der Waals surface area contributed by atoms with Crippen molar-refractivity contribution in [1.82, 2.24) is 5.32 Å². The molecule has 2 aromatic rings. The van der Waals surface area contributed by atoms with Crippen molar-refractivity contribution in [2.75, 3.05) is 13.2 Å². The maximum Gasteiger partial charge on any atom is 0.127 e. The van der Waals surface area contributed by atoms with Gasteiger partial charge in [0.15, 0.2) is 0 Å². The predicted molar refractivity (Wildman–Crippen MR) is 88.2 cm³/mol. The Labute approximate surface area is 132 Å². The zero-order chi connectivity index (χ0) is 16.0. The van der Waals surface area contributed by atoms with Gasteiger partial charge in [0.25, 0.3) is 0 Å². The monoisotopic (exact) mass is 301 g/mol. The largest absolute Gasteiger partial charge is 0.396 e. The fourth-order valence-corrected chi connectivity index (χ4v) is 2.63. The molecule has 0 spiro atoms. The summed E-state index contributed by atoms with van der Waals surface area (Å²) in [7, 11) is 0. The van der Waals surface area contributed by atoms with Gasteiger partial charge in [-0.2, -0.15) is 0 Å². The van der Waals surface area contributed by atoms with Crippen molar-refractivity contribution < 1.29 is 9.50 Å². The molecular formula is C19H24FNO. The van der Waals surface area contributed by atoms with E-state index in [0.717, 1.165) is 0 Å². The van der Waals surface area contributed by atoms with Gasteiger partial charge in [-0.3, -0.25) is 0 Å². The Morgan fingerprint density at radius 2 is 1.68 bits per heavy atom. The van der Waals surface area contributed by atoms with E-state index in [1.54, 1.807) is 12.1 Å². The molecule has 118 valence electrons. The lowest BCUT2D eigenvalue weighted by Crippen LogP contribution is -2.34. The molecule has 0 saturated heterocycles. The molecule has 0 aliphatic carbocycles. The van der Waals surface area contributed by atoms with Crippen LogP contribution in [0.1, 0.15) is 30.9 Å². The summed E-state index contributed by atoms with van der Waals surface area (Å²) >= 11 is 0. The van der Waals surface area contributed by atoms with Gasteiger partial charge in [-0.15, -0.1) is 0 Å². The number of hydrogen-bond donors (Lipinski definition) is 2. The molecule has 3 heteroatoms. The minimum atomic E-state index is -0.246. The van der Waals surface area contributed by atoms with Crippen LogP contribution >= 0.6 is 0 Å². The normalized spacial score (nSPS) is 13.1. The molecule has 0 aromatic heterocycles. The summed E-state index contributed by atoms with van der Waals surface area (Å²) in [4.78, 5) is 0. The van der Waals surface area contributed by atoms with Gasteiger partial charge in [-0.25, -0.2) is 4.39 Å². The third kappa shape index (κ3) is 4.15. The first-order valence-electron chi connectivity index (χ1n) is 7.64. The van der Waals surface area contributed by atoms with E-state index >= 15 is 0 Å². The van der Waals surface area contributed by atoms with E-state index in [-0.39, 0.29) is 23.8 Å². The fourth-order valence-electron chi connectivity index (χ4n) is 2.63. The smallest absolute Gasteiger partial charge is 0.127 e. The summed E-state index contributed by atoms with van der Waals surface area (Å²) in [5.74, 6) is -0.0295. The van der Waals surface area contributed by atoms with Crippen LogP contribution in [0.4, 0.5) is 4.39 Å². The lowest BCUT2D eigenvalue weighted by Gasteiger charge is -2.33. The number of rotatable bonds is 7. The zero-order valence-electron chi connectivity index (χ0n) is 13.2. The second-order valence-corrected chi connectivity index (χ2v) is 6.33. The maximum absolute atomic E-state index is 13.7. The standard InChI is InChI=1S/C19H24FNO/c1-19(2,14-22)17(15-8-4-3-5-9-15)13-21-12-16-10-6-7-11-18(16)20/h3-11,17,21-22H,12-14H2,1-2H3. The highest BCUT2D eigenvalue weighted by atomic mass is 19.1. The minimum Gasteiger partial charge on any atom is -0.396 e. The van der Waals surface area contributed by atoms with Crippen LogP contribution in [0, 0.1) is 11.2 Å². The summed E-state index contributed by atoms with van der Waals surface area (Å²) in [6, 6.07) is 17.0. The molecule has 0 saturated carbocycles. The summed E-state index contributed by atoms with van der Waals surface area (Å²) in [5, 5.41) is 13.0. The minimum absolute atomic E-state index is 0.105. The average Bonchev–Trinajstić information content (AvgIpc) is 2.54. The Kier molecular flexibility index (Phi) is 5.69. The number of nitrogens with one attached hydrogen (secondary N) is 1. The highest BCUT2D eigenvalue weighted by Crippen LogP contribution is 2.34. The van der Waals surface area contributed by atoms with Gasteiger partial charge in [0.2, 0.25) is 0 Å². The number of halogens is 1. The Morgan fingerprint density at radius 1 is 1.05 bits per heavy atom. The van der Waals surface area contributed by atoms with Crippen molar-refractivity contribution in [1.29, 1.82) is 0 Å². The lowest BCUT2D eigenvalue weighted by atomic mass is 9.75. The van der Waals surface area contributed by atoms with Gasteiger partial charge < -0.3 is 10.4 Å². The van der Waals surface area contributed by atoms with Crippen molar-refractivity contribution in [3.05, 3.63) is 71.5 Å². The average molecular weight is 301 g/mol. The van der Waals surface area contributed by atoms with Crippen molar-refractivity contribution in [2.24, 2.45) is 5.41 Å². The van der Waals surface area contributed by atoms with Gasteiger partial charge in [-0.05, 0) is 17.0 Å². The first-order valence-corrected chi connectivity index (χ1v) is 7.64. The molecular weight excluding hydrogens is 277 g/mol. The third-order valence-electron chi connectivity index (χ3n) is 4.17. The summed E-state index contributed by atoms with van der Waals surface area (Å²) < 4.78 is 13.7. The summed E-state index contributed by atoms with van der Waals surface area (Å²) in [5.41, 5.74) is 1.60. The van der Waals surface area contributed by atoms with Gasteiger partial charge in [0, 0.05) is 31.2 Å². The van der Waals surface area contributed by atoms with Crippen LogP contribution in [0.15, 0.2) is 54.6 Å². The zero-order valence-corrected chi connectivity index (χ0v) is 13.2. The van der Waals surface area contributed by atoms with E-state index in [2.05, 4.69) is 31.3 Å². The topological polar surface area (TPSA) is 32.3 Å². The molecule has 0 amide bonds. The Balaban J connectivity index is 2.06. The van der Waals surface area contributed by atoms with Crippen LogP contribution in [-0.2, 0) is 6.54 Å². The van der Waals surface area contributed by atoms with Gasteiger partial charge in [0.1, 0.15) is 5.82 Å². The van der Waals surface area contributed by atoms with Crippen LogP contribution in [0.25, 0.3) is 0 Å². The SMILES string of the molecule is CC(C)(CO)C(CNCc1ccccc1F)c1ccccc1. The number of aliphatic hydroxyl groups is 1. The second-order valence-electron chi connectivity index (χ2n) is 6.33. The van der Waals surface area contributed by atoms with Gasteiger partial charge in [-0.1, -0.05) is 62.4 Å². The summed E-state index contributed by atoms with van der Waals surface area (Å²) in [6.45, 7) is 5.38. The first-order chi connectivity index (χ1) is 10.5. The van der Waals surface area contributed by atoms with E-state index in [4.69, 9.17) is 0 Å². The molecule has 0 radical (unpaired) electrons. The van der Waals surface area contributed by atoms with E-state index in [1.165, 1.54) is 11.6 Å². The van der Waals surface area contributed by atoms with E-state index in [1.807, 2.05) is 24.3 Å². The van der Waals surface area contributed by atoms with Crippen LogP contribution in [0.2, 0.25) is 0 Å². The van der Waals surface area contributed by atoms with E-state index in [9.17, 15) is 9.50 Å². The predicted octanol–water partition coefficient (Wildman–Crippen LogP) is 3.72. The van der Waals surface area contributed by atoms with Crippen molar-refractivity contribution in [3.63, 3.8) is 0 Å². The van der Waals surface area contributed by atoms with E-state index in [0.29, 0.717) is 18.7 Å². The Morgan fingerprint density at radius 3 is 2.32 bits per heavy atom. The van der Waals surface area contributed by atoms with E-state index < -0.39 is 0 Å². The molecule has 1 atom stereocenters. The molecule has 2 aromatic carbocycles. The highest BCUT2D eigenvalue weighted by molar-refractivity contribution is 5.23. The first kappa shape index (κ1) is 16.7. The molecule has 2 rings (SSSR count).